The first kappa shape index (κ1) is 11.3. The van der Waals surface area contributed by atoms with Crippen LogP contribution in [-0.2, 0) is 0 Å². The molecule has 0 saturated heterocycles. The van der Waals surface area contributed by atoms with Crippen LogP contribution < -0.4 is 5.32 Å². The topological polar surface area (TPSA) is 58.0 Å². The molecule has 0 fully saturated rings. The molecule has 0 bridgehead atoms. The molecule has 0 unspecified atom stereocenters. The Hall–Kier alpha value is -1.20. The second-order valence-corrected chi connectivity index (χ2v) is 4.93. The summed E-state index contributed by atoms with van der Waals surface area (Å²) in [7, 11) is 0. The zero-order valence-corrected chi connectivity index (χ0v) is 10.3. The third-order valence-corrected chi connectivity index (χ3v) is 3.20. The molecule has 0 atom stereocenters. The highest BCUT2D eigenvalue weighted by molar-refractivity contribution is 7.18. The van der Waals surface area contributed by atoms with Gasteiger partial charge in [0.05, 0.1) is 5.39 Å². The fraction of sp³-hybridized carbons (Fsp3) is 0.455. The van der Waals surface area contributed by atoms with Crippen molar-refractivity contribution < 1.29 is 5.11 Å². The molecule has 86 valence electrons. The lowest BCUT2D eigenvalue weighted by molar-refractivity contribution is 0.292. The maximum atomic E-state index is 8.75. The molecule has 0 saturated carbocycles. The highest BCUT2D eigenvalue weighted by Gasteiger charge is 2.07. The van der Waals surface area contributed by atoms with Gasteiger partial charge in [-0.2, -0.15) is 0 Å². The molecular formula is C11H15N3OS. The summed E-state index contributed by atoms with van der Waals surface area (Å²) in [6.07, 6.45) is 0.730. The van der Waals surface area contributed by atoms with Crippen molar-refractivity contribution in [2.75, 3.05) is 18.5 Å². The molecule has 2 N–H and O–H groups in total. The van der Waals surface area contributed by atoms with Crippen molar-refractivity contribution in [1.82, 2.24) is 9.97 Å². The molecule has 2 heterocycles. The molecule has 0 aliphatic heterocycles. The number of thiophene rings is 1. The van der Waals surface area contributed by atoms with E-state index in [-0.39, 0.29) is 6.61 Å². The summed E-state index contributed by atoms with van der Waals surface area (Å²) in [6, 6.07) is 2.10. The average Bonchev–Trinajstić information content (AvgIpc) is 2.58. The second kappa shape index (κ2) is 4.76. The second-order valence-electron chi connectivity index (χ2n) is 3.70. The van der Waals surface area contributed by atoms with Gasteiger partial charge < -0.3 is 10.4 Å². The van der Waals surface area contributed by atoms with Crippen molar-refractivity contribution in [3.05, 3.63) is 16.8 Å². The van der Waals surface area contributed by atoms with Crippen molar-refractivity contribution in [3.63, 3.8) is 0 Å². The number of aromatic nitrogens is 2. The van der Waals surface area contributed by atoms with Gasteiger partial charge in [-0.25, -0.2) is 9.97 Å². The fourth-order valence-electron chi connectivity index (χ4n) is 1.57. The lowest BCUT2D eigenvalue weighted by Gasteiger charge is -2.06. The van der Waals surface area contributed by atoms with Crippen molar-refractivity contribution >= 4 is 27.4 Å². The van der Waals surface area contributed by atoms with E-state index in [1.54, 1.807) is 11.3 Å². The first-order valence-electron chi connectivity index (χ1n) is 5.30. The van der Waals surface area contributed by atoms with Crippen LogP contribution in [0.4, 0.5) is 5.82 Å². The molecule has 2 aromatic heterocycles. The van der Waals surface area contributed by atoms with Crippen LogP contribution in [0.1, 0.15) is 17.1 Å². The van der Waals surface area contributed by atoms with Gasteiger partial charge in [0.2, 0.25) is 0 Å². The van der Waals surface area contributed by atoms with E-state index in [1.807, 2.05) is 6.92 Å². The predicted octanol–water partition coefficient (Wildman–Crippen LogP) is 2.10. The van der Waals surface area contributed by atoms with Gasteiger partial charge in [-0.05, 0) is 26.3 Å². The largest absolute Gasteiger partial charge is 0.396 e. The number of aliphatic hydroxyl groups excluding tert-OH is 1. The van der Waals surface area contributed by atoms with Crippen LogP contribution in [0, 0.1) is 13.8 Å². The Kier molecular flexibility index (Phi) is 3.36. The fourth-order valence-corrected chi connectivity index (χ4v) is 2.49. The molecule has 0 radical (unpaired) electrons. The van der Waals surface area contributed by atoms with Crippen LogP contribution in [0.2, 0.25) is 0 Å². The summed E-state index contributed by atoms with van der Waals surface area (Å²) >= 11 is 1.68. The first-order valence-corrected chi connectivity index (χ1v) is 6.12. The number of nitrogens with zero attached hydrogens (tertiary/aromatic N) is 2. The Morgan fingerprint density at radius 1 is 1.38 bits per heavy atom. The molecule has 4 nitrogen and oxygen atoms in total. The lowest BCUT2D eigenvalue weighted by Crippen LogP contribution is -2.06. The minimum Gasteiger partial charge on any atom is -0.396 e. The number of nitrogens with one attached hydrogen (secondary N) is 1. The Morgan fingerprint density at radius 3 is 2.94 bits per heavy atom. The number of anilines is 1. The van der Waals surface area contributed by atoms with Crippen molar-refractivity contribution in [3.8, 4) is 0 Å². The molecule has 0 aromatic carbocycles. The van der Waals surface area contributed by atoms with E-state index in [0.717, 1.165) is 34.8 Å². The first-order chi connectivity index (χ1) is 7.70. The van der Waals surface area contributed by atoms with Gasteiger partial charge in [0.25, 0.3) is 0 Å². The summed E-state index contributed by atoms with van der Waals surface area (Å²) in [5.74, 6) is 1.65. The normalized spacial score (nSPS) is 10.9. The van der Waals surface area contributed by atoms with Crippen molar-refractivity contribution in [2.24, 2.45) is 0 Å². The third-order valence-electron chi connectivity index (χ3n) is 2.26. The van der Waals surface area contributed by atoms with Gasteiger partial charge in [-0.1, -0.05) is 0 Å². The van der Waals surface area contributed by atoms with Crippen molar-refractivity contribution in [1.29, 1.82) is 0 Å². The number of fused-ring (bicyclic) bond motifs is 1. The van der Waals surface area contributed by atoms with Crippen LogP contribution in [0.15, 0.2) is 6.07 Å². The van der Waals surface area contributed by atoms with Crippen molar-refractivity contribution in [2.45, 2.75) is 20.3 Å². The monoisotopic (exact) mass is 237 g/mol. The van der Waals surface area contributed by atoms with Gasteiger partial charge in [0.15, 0.2) is 0 Å². The van der Waals surface area contributed by atoms with Gasteiger partial charge in [-0.15, -0.1) is 11.3 Å². The van der Waals surface area contributed by atoms with Gasteiger partial charge in [-0.3, -0.25) is 0 Å². The Morgan fingerprint density at radius 2 is 2.19 bits per heavy atom. The minimum absolute atomic E-state index is 0.197. The smallest absolute Gasteiger partial charge is 0.138 e. The zero-order chi connectivity index (χ0) is 11.5. The molecule has 0 aliphatic rings. The van der Waals surface area contributed by atoms with Crippen LogP contribution in [0.5, 0.6) is 0 Å². The van der Waals surface area contributed by atoms with E-state index in [1.165, 1.54) is 4.88 Å². The quantitative estimate of drug-likeness (QED) is 0.800. The summed E-state index contributed by atoms with van der Waals surface area (Å²) < 4.78 is 0. The van der Waals surface area contributed by atoms with Crippen LogP contribution in [0.3, 0.4) is 0 Å². The molecule has 0 aliphatic carbocycles. The van der Waals surface area contributed by atoms with E-state index >= 15 is 0 Å². The summed E-state index contributed by atoms with van der Waals surface area (Å²) in [5, 5.41) is 13.1. The van der Waals surface area contributed by atoms with Crippen LogP contribution in [-0.4, -0.2) is 28.2 Å². The minimum atomic E-state index is 0.197. The van der Waals surface area contributed by atoms with E-state index in [9.17, 15) is 0 Å². The number of hydrogen-bond acceptors (Lipinski definition) is 5. The van der Waals surface area contributed by atoms with Crippen LogP contribution in [0.25, 0.3) is 10.2 Å². The standard InChI is InChI=1S/C11H15N3OS/c1-7-6-9-10(12-4-3-5-15)13-8(2)14-11(9)16-7/h6,15H,3-5H2,1-2H3,(H,12,13,14). The molecule has 2 aromatic rings. The molecular weight excluding hydrogens is 222 g/mol. The van der Waals surface area contributed by atoms with E-state index < -0.39 is 0 Å². The predicted molar refractivity (Wildman–Crippen MR) is 67.1 cm³/mol. The molecule has 5 heteroatoms. The van der Waals surface area contributed by atoms with E-state index in [0.29, 0.717) is 0 Å². The maximum Gasteiger partial charge on any atom is 0.138 e. The summed E-state index contributed by atoms with van der Waals surface area (Å²) in [6.45, 7) is 4.89. The third kappa shape index (κ3) is 2.31. The Balaban J connectivity index is 2.34. The number of rotatable bonds is 4. The highest BCUT2D eigenvalue weighted by Crippen LogP contribution is 2.28. The van der Waals surface area contributed by atoms with Crippen LogP contribution >= 0.6 is 11.3 Å². The van der Waals surface area contributed by atoms with E-state index in [4.69, 9.17) is 5.11 Å². The SMILES string of the molecule is Cc1nc(NCCCO)c2cc(C)sc2n1. The molecule has 2 rings (SSSR count). The molecule has 0 amide bonds. The number of hydrogen-bond donors (Lipinski definition) is 2. The summed E-state index contributed by atoms with van der Waals surface area (Å²) in [4.78, 5) is 11.1. The summed E-state index contributed by atoms with van der Waals surface area (Å²) in [5.41, 5.74) is 0. The average molecular weight is 237 g/mol. The van der Waals surface area contributed by atoms with E-state index in [2.05, 4.69) is 28.3 Å². The zero-order valence-electron chi connectivity index (χ0n) is 9.45. The van der Waals surface area contributed by atoms with Gasteiger partial charge in [0.1, 0.15) is 16.5 Å². The molecule has 16 heavy (non-hydrogen) atoms. The number of aryl methyl sites for hydroxylation is 2. The number of aliphatic hydroxyl groups is 1. The maximum absolute atomic E-state index is 8.75. The molecule has 0 spiro atoms. The Labute approximate surface area is 98.4 Å². The highest BCUT2D eigenvalue weighted by atomic mass is 32.1. The van der Waals surface area contributed by atoms with Gasteiger partial charge in [0, 0.05) is 18.0 Å². The van der Waals surface area contributed by atoms with Gasteiger partial charge >= 0.3 is 0 Å². The Bertz CT molecular complexity index is 495. The lowest BCUT2D eigenvalue weighted by atomic mass is 10.3.